The summed E-state index contributed by atoms with van der Waals surface area (Å²) in [5.41, 5.74) is 1.27. The fourth-order valence-corrected chi connectivity index (χ4v) is 1.73. The van der Waals surface area contributed by atoms with Gasteiger partial charge in [-0.1, -0.05) is 0 Å². The molecule has 2 N–H and O–H groups in total. The second-order valence-corrected chi connectivity index (χ2v) is 5.53. The lowest BCUT2D eigenvalue weighted by Crippen LogP contribution is -2.40. The molecular weight excluding hydrogens is 246 g/mol. The molecule has 102 valence electrons. The topological polar surface area (TPSA) is 80.3 Å². The average molecular weight is 263 g/mol. The Kier molecular flexibility index (Phi) is 3.42. The third kappa shape index (κ3) is 3.67. The highest BCUT2D eigenvalue weighted by Crippen LogP contribution is 2.21. The van der Waals surface area contributed by atoms with E-state index in [-0.39, 0.29) is 18.1 Å². The summed E-state index contributed by atoms with van der Waals surface area (Å²) in [7, 11) is 0. The second-order valence-electron chi connectivity index (χ2n) is 5.53. The SMILES string of the molecule is CC(C)(C)NC(=O)OCc1cnc2c(c1)CC(=O)N2. The van der Waals surface area contributed by atoms with Gasteiger partial charge in [-0.3, -0.25) is 4.79 Å². The number of amides is 2. The molecule has 1 aromatic rings. The van der Waals surface area contributed by atoms with Gasteiger partial charge < -0.3 is 15.4 Å². The van der Waals surface area contributed by atoms with Gasteiger partial charge in [-0.2, -0.15) is 0 Å². The van der Waals surface area contributed by atoms with E-state index in [4.69, 9.17) is 4.74 Å². The number of nitrogens with zero attached hydrogens (tertiary/aromatic N) is 1. The highest BCUT2D eigenvalue weighted by Gasteiger charge is 2.19. The summed E-state index contributed by atoms with van der Waals surface area (Å²) in [5, 5.41) is 5.35. The number of ether oxygens (including phenoxy) is 1. The van der Waals surface area contributed by atoms with E-state index in [2.05, 4.69) is 15.6 Å². The maximum atomic E-state index is 11.5. The van der Waals surface area contributed by atoms with Crippen molar-refractivity contribution in [1.29, 1.82) is 0 Å². The van der Waals surface area contributed by atoms with Crippen LogP contribution in [0.2, 0.25) is 0 Å². The van der Waals surface area contributed by atoms with E-state index in [1.54, 1.807) is 6.20 Å². The molecular formula is C13H17N3O3. The Labute approximate surface area is 111 Å². The Balaban J connectivity index is 1.93. The van der Waals surface area contributed by atoms with E-state index in [9.17, 15) is 9.59 Å². The van der Waals surface area contributed by atoms with Crippen molar-refractivity contribution in [2.75, 3.05) is 5.32 Å². The van der Waals surface area contributed by atoms with Gasteiger partial charge in [0.05, 0.1) is 6.42 Å². The summed E-state index contributed by atoms with van der Waals surface area (Å²) < 4.78 is 5.10. The van der Waals surface area contributed by atoms with Gasteiger partial charge in [0.2, 0.25) is 5.91 Å². The van der Waals surface area contributed by atoms with Crippen LogP contribution in [-0.2, 0) is 22.6 Å². The lowest BCUT2D eigenvalue weighted by atomic mass is 10.1. The fraction of sp³-hybridized carbons (Fsp3) is 0.462. The normalized spacial score (nSPS) is 13.7. The molecule has 0 aromatic carbocycles. The number of rotatable bonds is 2. The Morgan fingerprint density at radius 1 is 1.53 bits per heavy atom. The molecule has 0 fully saturated rings. The Hall–Kier alpha value is -2.11. The van der Waals surface area contributed by atoms with Gasteiger partial charge in [0, 0.05) is 22.9 Å². The quantitative estimate of drug-likeness (QED) is 0.849. The number of hydrogen-bond donors (Lipinski definition) is 2. The van der Waals surface area contributed by atoms with Crippen molar-refractivity contribution in [2.24, 2.45) is 0 Å². The predicted octanol–water partition coefficient (Wildman–Crippen LogP) is 1.60. The largest absolute Gasteiger partial charge is 0.445 e. The predicted molar refractivity (Wildman–Crippen MR) is 69.6 cm³/mol. The summed E-state index contributed by atoms with van der Waals surface area (Å²) in [6, 6.07) is 1.82. The third-order valence-corrected chi connectivity index (χ3v) is 2.48. The number of carbonyl (C=O) groups excluding carboxylic acids is 2. The minimum Gasteiger partial charge on any atom is -0.445 e. The Morgan fingerprint density at radius 2 is 2.26 bits per heavy atom. The molecule has 0 unspecified atom stereocenters. The van der Waals surface area contributed by atoms with Crippen LogP contribution < -0.4 is 10.6 Å². The summed E-state index contributed by atoms with van der Waals surface area (Å²) in [6.45, 7) is 5.77. The fourth-order valence-electron chi connectivity index (χ4n) is 1.73. The molecule has 0 radical (unpaired) electrons. The number of carbonyl (C=O) groups is 2. The molecule has 1 aromatic heterocycles. The van der Waals surface area contributed by atoms with Crippen LogP contribution in [0, 0.1) is 0 Å². The van der Waals surface area contributed by atoms with E-state index >= 15 is 0 Å². The zero-order chi connectivity index (χ0) is 14.0. The van der Waals surface area contributed by atoms with Crippen LogP contribution >= 0.6 is 0 Å². The van der Waals surface area contributed by atoms with Gasteiger partial charge in [-0.05, 0) is 26.8 Å². The van der Waals surface area contributed by atoms with E-state index in [0.29, 0.717) is 12.2 Å². The standard InChI is InChI=1S/C13H17N3O3/c1-13(2,3)16-12(18)19-7-8-4-9-5-10(17)15-11(9)14-6-8/h4,6H,5,7H2,1-3H3,(H,16,18)(H,14,15,17). The van der Waals surface area contributed by atoms with E-state index in [1.807, 2.05) is 26.8 Å². The minimum absolute atomic E-state index is 0.0638. The average Bonchev–Trinajstić information content (AvgIpc) is 2.63. The maximum absolute atomic E-state index is 11.5. The smallest absolute Gasteiger partial charge is 0.407 e. The van der Waals surface area contributed by atoms with Crippen LogP contribution in [0.5, 0.6) is 0 Å². The first-order chi connectivity index (χ1) is 8.83. The van der Waals surface area contributed by atoms with Crippen molar-refractivity contribution >= 4 is 17.8 Å². The number of alkyl carbamates (subject to hydrolysis) is 1. The number of nitrogens with one attached hydrogen (secondary N) is 2. The second kappa shape index (κ2) is 4.87. The molecule has 1 aliphatic heterocycles. The van der Waals surface area contributed by atoms with E-state index in [0.717, 1.165) is 11.1 Å². The molecule has 0 aliphatic carbocycles. The molecule has 0 atom stereocenters. The van der Waals surface area contributed by atoms with Crippen LogP contribution in [0.25, 0.3) is 0 Å². The number of aromatic nitrogens is 1. The molecule has 0 saturated heterocycles. The first-order valence-corrected chi connectivity index (χ1v) is 6.06. The van der Waals surface area contributed by atoms with Crippen molar-refractivity contribution in [1.82, 2.24) is 10.3 Å². The zero-order valence-corrected chi connectivity index (χ0v) is 11.2. The lowest BCUT2D eigenvalue weighted by Gasteiger charge is -2.19. The molecule has 6 nitrogen and oxygen atoms in total. The number of hydrogen-bond acceptors (Lipinski definition) is 4. The van der Waals surface area contributed by atoms with Gasteiger partial charge in [-0.25, -0.2) is 9.78 Å². The van der Waals surface area contributed by atoms with Crippen LogP contribution in [-0.4, -0.2) is 22.5 Å². The molecule has 2 rings (SSSR count). The summed E-state index contributed by atoms with van der Waals surface area (Å²) in [4.78, 5) is 26.8. The third-order valence-electron chi connectivity index (χ3n) is 2.48. The zero-order valence-electron chi connectivity index (χ0n) is 11.2. The molecule has 6 heteroatoms. The first-order valence-electron chi connectivity index (χ1n) is 6.06. The van der Waals surface area contributed by atoms with Crippen LogP contribution in [0.4, 0.5) is 10.6 Å². The lowest BCUT2D eigenvalue weighted by molar-refractivity contribution is -0.115. The summed E-state index contributed by atoms with van der Waals surface area (Å²) in [6.07, 6.45) is 1.45. The van der Waals surface area contributed by atoms with Crippen molar-refractivity contribution in [3.63, 3.8) is 0 Å². The van der Waals surface area contributed by atoms with E-state index in [1.165, 1.54) is 0 Å². The molecule has 2 amide bonds. The van der Waals surface area contributed by atoms with Crippen molar-refractivity contribution in [2.45, 2.75) is 39.3 Å². The van der Waals surface area contributed by atoms with Crippen molar-refractivity contribution in [3.05, 3.63) is 23.4 Å². The maximum Gasteiger partial charge on any atom is 0.407 e. The van der Waals surface area contributed by atoms with Gasteiger partial charge in [0.15, 0.2) is 0 Å². The minimum atomic E-state index is -0.470. The van der Waals surface area contributed by atoms with Gasteiger partial charge in [-0.15, -0.1) is 0 Å². The molecule has 0 bridgehead atoms. The van der Waals surface area contributed by atoms with Gasteiger partial charge >= 0.3 is 6.09 Å². The summed E-state index contributed by atoms with van der Waals surface area (Å²) >= 11 is 0. The first kappa shape index (κ1) is 13.3. The highest BCUT2D eigenvalue weighted by atomic mass is 16.5. The van der Waals surface area contributed by atoms with Crippen molar-refractivity contribution in [3.8, 4) is 0 Å². The Morgan fingerprint density at radius 3 is 2.95 bits per heavy atom. The molecule has 19 heavy (non-hydrogen) atoms. The highest BCUT2D eigenvalue weighted by molar-refractivity contribution is 5.97. The molecule has 1 aliphatic rings. The molecule has 2 heterocycles. The number of fused-ring (bicyclic) bond motifs is 1. The molecule has 0 saturated carbocycles. The number of pyridine rings is 1. The van der Waals surface area contributed by atoms with Crippen LogP contribution in [0.3, 0.4) is 0 Å². The van der Waals surface area contributed by atoms with Crippen molar-refractivity contribution < 1.29 is 14.3 Å². The monoisotopic (exact) mass is 263 g/mol. The van der Waals surface area contributed by atoms with Gasteiger partial charge in [0.1, 0.15) is 12.4 Å². The summed E-state index contributed by atoms with van der Waals surface area (Å²) in [5.74, 6) is 0.527. The van der Waals surface area contributed by atoms with Crippen LogP contribution in [0.1, 0.15) is 31.9 Å². The van der Waals surface area contributed by atoms with Gasteiger partial charge in [0.25, 0.3) is 0 Å². The number of anilines is 1. The van der Waals surface area contributed by atoms with Crippen LogP contribution in [0.15, 0.2) is 12.3 Å². The molecule has 0 spiro atoms. The van der Waals surface area contributed by atoms with E-state index < -0.39 is 6.09 Å². The Bertz CT molecular complexity index is 520.